The number of nitrogens with two attached hydrogens (primary N) is 1. The van der Waals surface area contributed by atoms with E-state index < -0.39 is 5.41 Å². The number of amides is 1. The summed E-state index contributed by atoms with van der Waals surface area (Å²) in [6.07, 6.45) is 0.813. The highest BCUT2D eigenvalue weighted by Gasteiger charge is 2.39. The van der Waals surface area contributed by atoms with Crippen molar-refractivity contribution in [2.45, 2.75) is 19.9 Å². The fourth-order valence-corrected chi connectivity index (χ4v) is 3.17. The number of anilines is 1. The number of halogens is 1. The molecule has 1 aliphatic heterocycles. The van der Waals surface area contributed by atoms with E-state index in [0.717, 1.165) is 29.7 Å². The molecule has 0 spiro atoms. The Balaban J connectivity index is 2.18. The van der Waals surface area contributed by atoms with Crippen LogP contribution in [0.3, 0.4) is 0 Å². The average molecular weight is 326 g/mol. The third-order valence-corrected chi connectivity index (χ3v) is 4.44. The van der Waals surface area contributed by atoms with Crippen molar-refractivity contribution in [1.82, 2.24) is 5.32 Å². The first-order chi connectivity index (χ1) is 8.96. The molecule has 2 rings (SSSR count). The first-order valence-electron chi connectivity index (χ1n) is 6.44. The number of carbonyl (C=O) groups is 1. The van der Waals surface area contributed by atoms with Crippen LogP contribution in [0.25, 0.3) is 0 Å². The van der Waals surface area contributed by atoms with Gasteiger partial charge < -0.3 is 16.0 Å². The molecule has 1 aromatic carbocycles. The lowest BCUT2D eigenvalue weighted by atomic mass is 9.89. The third-order valence-electron chi connectivity index (χ3n) is 3.80. The number of primary amides is 1. The minimum Gasteiger partial charge on any atom is -0.370 e. The van der Waals surface area contributed by atoms with Crippen molar-refractivity contribution in [3.63, 3.8) is 0 Å². The molecule has 1 amide bonds. The molecule has 0 aromatic heterocycles. The fourth-order valence-electron chi connectivity index (χ4n) is 2.49. The molecule has 0 aliphatic carbocycles. The van der Waals surface area contributed by atoms with Gasteiger partial charge in [-0.15, -0.1) is 0 Å². The molecule has 0 bridgehead atoms. The first-order valence-corrected chi connectivity index (χ1v) is 7.23. The highest BCUT2D eigenvalue weighted by atomic mass is 79.9. The van der Waals surface area contributed by atoms with E-state index >= 15 is 0 Å². The molecule has 0 saturated carbocycles. The van der Waals surface area contributed by atoms with Crippen molar-refractivity contribution in [2.75, 3.05) is 25.0 Å². The van der Waals surface area contributed by atoms with Crippen LogP contribution >= 0.6 is 15.9 Å². The zero-order chi connectivity index (χ0) is 14.0. The maximum Gasteiger partial charge on any atom is 0.225 e. The Labute approximate surface area is 122 Å². The second-order valence-corrected chi connectivity index (χ2v) is 6.27. The molecule has 1 heterocycles. The van der Waals surface area contributed by atoms with Gasteiger partial charge in [0.1, 0.15) is 0 Å². The predicted octanol–water partition coefficient (Wildman–Crippen LogP) is 1.87. The van der Waals surface area contributed by atoms with E-state index in [9.17, 15) is 4.79 Å². The Morgan fingerprint density at radius 1 is 1.58 bits per heavy atom. The number of nitrogens with zero attached hydrogens (tertiary/aromatic N) is 1. The fraction of sp³-hybridized carbons (Fsp3) is 0.500. The van der Waals surface area contributed by atoms with Crippen molar-refractivity contribution < 1.29 is 4.79 Å². The minimum atomic E-state index is -0.414. The van der Waals surface area contributed by atoms with Gasteiger partial charge in [-0.3, -0.25) is 4.79 Å². The van der Waals surface area contributed by atoms with Crippen LogP contribution in [0.15, 0.2) is 22.7 Å². The minimum absolute atomic E-state index is 0.210. The van der Waals surface area contributed by atoms with Crippen LogP contribution in [-0.4, -0.2) is 26.0 Å². The predicted molar refractivity (Wildman–Crippen MR) is 81.0 cm³/mol. The summed E-state index contributed by atoms with van der Waals surface area (Å²) in [7, 11) is 1.93. The molecule has 1 aliphatic rings. The lowest BCUT2D eigenvalue weighted by Gasteiger charge is -2.23. The summed E-state index contributed by atoms with van der Waals surface area (Å²) in [6, 6.07) is 6.33. The summed E-state index contributed by atoms with van der Waals surface area (Å²) in [6.45, 7) is 4.34. The van der Waals surface area contributed by atoms with Gasteiger partial charge in [-0.05, 0) is 54.0 Å². The Bertz CT molecular complexity index is 492. The monoisotopic (exact) mass is 325 g/mol. The molecule has 1 fully saturated rings. The van der Waals surface area contributed by atoms with Gasteiger partial charge in [-0.1, -0.05) is 6.07 Å². The number of hydrogen-bond donors (Lipinski definition) is 2. The van der Waals surface area contributed by atoms with Gasteiger partial charge in [0.15, 0.2) is 0 Å². The van der Waals surface area contributed by atoms with E-state index in [2.05, 4.69) is 44.3 Å². The van der Waals surface area contributed by atoms with Crippen LogP contribution in [0.1, 0.15) is 18.9 Å². The van der Waals surface area contributed by atoms with Crippen molar-refractivity contribution in [2.24, 2.45) is 11.1 Å². The molecule has 1 atom stereocenters. The zero-order valence-electron chi connectivity index (χ0n) is 11.4. The van der Waals surface area contributed by atoms with E-state index in [-0.39, 0.29) is 5.91 Å². The Hall–Kier alpha value is -1.07. The third kappa shape index (κ3) is 2.92. The van der Waals surface area contributed by atoms with Crippen LogP contribution < -0.4 is 16.0 Å². The quantitative estimate of drug-likeness (QED) is 0.888. The van der Waals surface area contributed by atoms with Crippen LogP contribution in [0.5, 0.6) is 0 Å². The summed E-state index contributed by atoms with van der Waals surface area (Å²) in [4.78, 5) is 13.7. The van der Waals surface area contributed by atoms with Gasteiger partial charge in [0.2, 0.25) is 5.91 Å². The van der Waals surface area contributed by atoms with Gasteiger partial charge in [0.05, 0.1) is 11.1 Å². The molecule has 104 valence electrons. The molecule has 1 saturated heterocycles. The molecule has 0 radical (unpaired) electrons. The number of carbonyl (C=O) groups excluding carboxylic acids is 1. The SMILES string of the molecule is CNCc1ccc(N2CCC(C)(C(N)=O)C2)c(Br)c1. The number of rotatable bonds is 4. The average Bonchev–Trinajstić information content (AvgIpc) is 2.74. The second kappa shape index (κ2) is 5.51. The molecule has 4 nitrogen and oxygen atoms in total. The molecule has 3 N–H and O–H groups in total. The standard InChI is InChI=1S/C14H20BrN3O/c1-14(13(16)19)5-6-18(9-14)12-4-3-10(8-17-2)7-11(12)15/h3-4,7,17H,5-6,8-9H2,1-2H3,(H2,16,19). The number of benzene rings is 1. The molecular formula is C14H20BrN3O. The van der Waals surface area contributed by atoms with Crippen molar-refractivity contribution >= 4 is 27.5 Å². The van der Waals surface area contributed by atoms with E-state index in [4.69, 9.17) is 5.73 Å². The summed E-state index contributed by atoms with van der Waals surface area (Å²) < 4.78 is 1.06. The number of hydrogen-bond acceptors (Lipinski definition) is 3. The van der Waals surface area contributed by atoms with E-state index in [1.807, 2.05) is 14.0 Å². The molecule has 5 heteroatoms. The van der Waals surface area contributed by atoms with Crippen LogP contribution in [0, 0.1) is 5.41 Å². The highest BCUT2D eigenvalue weighted by Crippen LogP contribution is 2.36. The van der Waals surface area contributed by atoms with E-state index in [0.29, 0.717) is 6.54 Å². The molecule has 1 unspecified atom stereocenters. The molecular weight excluding hydrogens is 306 g/mol. The normalized spacial score (nSPS) is 22.8. The topological polar surface area (TPSA) is 58.4 Å². The molecule has 1 aromatic rings. The second-order valence-electron chi connectivity index (χ2n) is 5.41. The maximum atomic E-state index is 11.5. The van der Waals surface area contributed by atoms with Crippen molar-refractivity contribution in [3.05, 3.63) is 28.2 Å². The Morgan fingerprint density at radius 2 is 2.32 bits per heavy atom. The van der Waals surface area contributed by atoms with Crippen molar-refractivity contribution in [1.29, 1.82) is 0 Å². The largest absolute Gasteiger partial charge is 0.370 e. The van der Waals surface area contributed by atoms with Crippen LogP contribution in [0.4, 0.5) is 5.69 Å². The maximum absolute atomic E-state index is 11.5. The number of nitrogens with one attached hydrogen (secondary N) is 1. The summed E-state index contributed by atoms with van der Waals surface area (Å²) in [5.41, 5.74) is 7.44. The summed E-state index contributed by atoms with van der Waals surface area (Å²) in [5.74, 6) is -0.210. The van der Waals surface area contributed by atoms with Gasteiger partial charge in [0, 0.05) is 24.1 Å². The lowest BCUT2D eigenvalue weighted by molar-refractivity contribution is -0.125. The van der Waals surface area contributed by atoms with Gasteiger partial charge in [0.25, 0.3) is 0 Å². The van der Waals surface area contributed by atoms with E-state index in [1.165, 1.54) is 5.56 Å². The van der Waals surface area contributed by atoms with E-state index in [1.54, 1.807) is 0 Å². The van der Waals surface area contributed by atoms with Gasteiger partial charge in [-0.25, -0.2) is 0 Å². The highest BCUT2D eigenvalue weighted by molar-refractivity contribution is 9.10. The Kier molecular flexibility index (Phi) is 4.16. The van der Waals surface area contributed by atoms with Crippen LogP contribution in [0.2, 0.25) is 0 Å². The summed E-state index contributed by atoms with van der Waals surface area (Å²) >= 11 is 3.62. The summed E-state index contributed by atoms with van der Waals surface area (Å²) in [5, 5.41) is 3.13. The molecule has 19 heavy (non-hydrogen) atoms. The van der Waals surface area contributed by atoms with Gasteiger partial charge >= 0.3 is 0 Å². The zero-order valence-corrected chi connectivity index (χ0v) is 13.0. The van der Waals surface area contributed by atoms with Crippen LogP contribution in [-0.2, 0) is 11.3 Å². The first kappa shape index (κ1) is 14.3. The van der Waals surface area contributed by atoms with Gasteiger partial charge in [-0.2, -0.15) is 0 Å². The lowest BCUT2D eigenvalue weighted by Crippen LogP contribution is -2.37. The Morgan fingerprint density at radius 3 is 2.84 bits per heavy atom. The smallest absolute Gasteiger partial charge is 0.225 e. The van der Waals surface area contributed by atoms with Crippen molar-refractivity contribution in [3.8, 4) is 0 Å².